The lowest BCUT2D eigenvalue weighted by molar-refractivity contribution is 0.155. The average molecular weight is 340 g/mol. The number of halogens is 2. The Morgan fingerprint density at radius 1 is 1.09 bits per heavy atom. The minimum Gasteiger partial charge on any atom is -0.304 e. The van der Waals surface area contributed by atoms with Gasteiger partial charge in [-0.2, -0.15) is 0 Å². The highest BCUT2D eigenvalue weighted by molar-refractivity contribution is 6.42. The van der Waals surface area contributed by atoms with Gasteiger partial charge in [-0.15, -0.1) is 5.10 Å². The van der Waals surface area contributed by atoms with Crippen molar-refractivity contribution in [2.24, 2.45) is 0 Å². The smallest absolute Gasteiger partial charge is 0.0844 e. The highest BCUT2D eigenvalue weighted by Crippen LogP contribution is 2.24. The maximum absolute atomic E-state index is 6.04. The van der Waals surface area contributed by atoms with Gasteiger partial charge in [-0.05, 0) is 25.2 Å². The van der Waals surface area contributed by atoms with E-state index in [1.54, 1.807) is 16.8 Å². The fourth-order valence-corrected chi connectivity index (χ4v) is 2.80. The Balaban J connectivity index is 1.60. The van der Waals surface area contributed by atoms with E-state index in [0.717, 1.165) is 50.5 Å². The van der Waals surface area contributed by atoms with Crippen LogP contribution in [0.5, 0.6) is 0 Å². The zero-order chi connectivity index (χ0) is 15.5. The van der Waals surface area contributed by atoms with E-state index in [2.05, 4.69) is 27.2 Å². The van der Waals surface area contributed by atoms with E-state index in [4.69, 9.17) is 23.2 Å². The van der Waals surface area contributed by atoms with Crippen molar-refractivity contribution in [2.75, 3.05) is 39.8 Å². The fraction of sp³-hybridized carbons (Fsp3) is 0.467. The molecule has 0 bridgehead atoms. The second kappa shape index (κ2) is 6.96. The lowest BCUT2D eigenvalue weighted by atomic mass is 10.2. The normalized spacial score (nSPS) is 17.0. The Morgan fingerprint density at radius 2 is 1.86 bits per heavy atom. The average Bonchev–Trinajstić information content (AvgIpc) is 2.98. The number of nitrogens with zero attached hydrogens (tertiary/aromatic N) is 5. The molecule has 7 heteroatoms. The lowest BCUT2D eigenvalue weighted by Gasteiger charge is -2.32. The number of likely N-dealkylation sites (N-methyl/N-ethyl adjacent to an activating group) is 1. The zero-order valence-electron chi connectivity index (χ0n) is 12.5. The van der Waals surface area contributed by atoms with Gasteiger partial charge in [-0.3, -0.25) is 0 Å². The van der Waals surface area contributed by atoms with E-state index in [1.807, 2.05) is 12.3 Å². The first-order valence-electron chi connectivity index (χ1n) is 7.39. The molecule has 1 aliphatic rings. The van der Waals surface area contributed by atoms with Crippen molar-refractivity contribution in [2.45, 2.75) is 6.42 Å². The van der Waals surface area contributed by atoms with Crippen LogP contribution in [0, 0.1) is 0 Å². The molecule has 2 aromatic rings. The summed E-state index contributed by atoms with van der Waals surface area (Å²) in [5.74, 6) is 0. The summed E-state index contributed by atoms with van der Waals surface area (Å²) >= 11 is 12.0. The second-order valence-corrected chi connectivity index (χ2v) is 6.46. The first kappa shape index (κ1) is 15.7. The summed E-state index contributed by atoms with van der Waals surface area (Å²) in [6.07, 6.45) is 2.86. The topological polar surface area (TPSA) is 37.2 Å². The Labute approximate surface area is 140 Å². The lowest BCUT2D eigenvalue weighted by Crippen LogP contribution is -2.45. The molecule has 1 aromatic heterocycles. The Hall–Kier alpha value is -1.14. The molecule has 0 spiro atoms. The van der Waals surface area contributed by atoms with Crippen LogP contribution < -0.4 is 0 Å². The summed E-state index contributed by atoms with van der Waals surface area (Å²) in [7, 11) is 2.17. The maximum Gasteiger partial charge on any atom is 0.0844 e. The molecule has 1 fully saturated rings. The highest BCUT2D eigenvalue weighted by atomic mass is 35.5. The van der Waals surface area contributed by atoms with Crippen molar-refractivity contribution in [3.05, 3.63) is 40.1 Å². The molecule has 0 N–H and O–H groups in total. The zero-order valence-corrected chi connectivity index (χ0v) is 14.1. The van der Waals surface area contributed by atoms with Crippen LogP contribution in [0.3, 0.4) is 0 Å². The minimum absolute atomic E-state index is 0.522. The van der Waals surface area contributed by atoms with Crippen LogP contribution in [-0.4, -0.2) is 64.6 Å². The molecule has 1 saturated heterocycles. The Kier molecular flexibility index (Phi) is 4.98. The summed E-state index contributed by atoms with van der Waals surface area (Å²) in [6, 6.07) is 5.45. The summed E-state index contributed by atoms with van der Waals surface area (Å²) in [5, 5.41) is 9.48. The Morgan fingerprint density at radius 3 is 2.59 bits per heavy atom. The molecule has 118 valence electrons. The number of hydrogen-bond donors (Lipinski definition) is 0. The summed E-state index contributed by atoms with van der Waals surface area (Å²) < 4.78 is 1.74. The fourth-order valence-electron chi connectivity index (χ4n) is 2.51. The van der Waals surface area contributed by atoms with Gasteiger partial charge in [0.25, 0.3) is 0 Å². The van der Waals surface area contributed by atoms with Gasteiger partial charge in [-0.1, -0.05) is 28.4 Å². The van der Waals surface area contributed by atoms with E-state index >= 15 is 0 Å². The van der Waals surface area contributed by atoms with Crippen molar-refractivity contribution in [3.8, 4) is 5.69 Å². The Bertz CT molecular complexity index is 635. The standard InChI is InChI=1S/C15H19Cl2N5/c1-20-6-8-21(9-7-20)5-4-12-11-22(19-18-12)13-2-3-14(16)15(17)10-13/h2-3,10-11H,4-9H2,1H3. The predicted octanol–water partition coefficient (Wildman–Crippen LogP) is 2.36. The number of piperazine rings is 1. The third-order valence-corrected chi connectivity index (χ3v) is 4.73. The van der Waals surface area contributed by atoms with Gasteiger partial charge in [-0.25, -0.2) is 4.68 Å². The van der Waals surface area contributed by atoms with E-state index in [9.17, 15) is 0 Å². The van der Waals surface area contributed by atoms with Gasteiger partial charge in [0.15, 0.2) is 0 Å². The van der Waals surface area contributed by atoms with Gasteiger partial charge in [0.2, 0.25) is 0 Å². The third-order valence-electron chi connectivity index (χ3n) is 3.99. The molecule has 0 saturated carbocycles. The van der Waals surface area contributed by atoms with Crippen molar-refractivity contribution in [1.29, 1.82) is 0 Å². The molecule has 22 heavy (non-hydrogen) atoms. The molecule has 5 nitrogen and oxygen atoms in total. The van der Waals surface area contributed by atoms with Crippen molar-refractivity contribution in [1.82, 2.24) is 24.8 Å². The SMILES string of the molecule is CN1CCN(CCc2cn(-c3ccc(Cl)c(Cl)c3)nn2)CC1. The van der Waals surface area contributed by atoms with Crippen LogP contribution in [0.25, 0.3) is 5.69 Å². The molecular formula is C15H19Cl2N5. The molecule has 1 aromatic carbocycles. The summed E-state index contributed by atoms with van der Waals surface area (Å²) in [6.45, 7) is 5.54. The minimum atomic E-state index is 0.522. The molecule has 1 aliphatic heterocycles. The van der Waals surface area contributed by atoms with Crippen LogP contribution in [0.15, 0.2) is 24.4 Å². The van der Waals surface area contributed by atoms with Gasteiger partial charge in [0.05, 0.1) is 27.6 Å². The number of hydrogen-bond acceptors (Lipinski definition) is 4. The van der Waals surface area contributed by atoms with Gasteiger partial charge < -0.3 is 9.80 Å². The van der Waals surface area contributed by atoms with Crippen LogP contribution >= 0.6 is 23.2 Å². The predicted molar refractivity (Wildman–Crippen MR) is 89.0 cm³/mol. The summed E-state index contributed by atoms with van der Waals surface area (Å²) in [4.78, 5) is 4.83. The van der Waals surface area contributed by atoms with Crippen LogP contribution in [0.2, 0.25) is 10.0 Å². The van der Waals surface area contributed by atoms with Crippen molar-refractivity contribution >= 4 is 23.2 Å². The van der Waals surface area contributed by atoms with Crippen molar-refractivity contribution < 1.29 is 0 Å². The van der Waals surface area contributed by atoms with Crippen LogP contribution in [0.1, 0.15) is 5.69 Å². The molecule has 0 aliphatic carbocycles. The molecule has 0 radical (unpaired) electrons. The largest absolute Gasteiger partial charge is 0.304 e. The third kappa shape index (κ3) is 3.79. The molecule has 0 atom stereocenters. The van der Waals surface area contributed by atoms with Gasteiger partial charge >= 0.3 is 0 Å². The van der Waals surface area contributed by atoms with E-state index in [-0.39, 0.29) is 0 Å². The monoisotopic (exact) mass is 339 g/mol. The first-order chi connectivity index (χ1) is 10.6. The first-order valence-corrected chi connectivity index (χ1v) is 8.15. The van der Waals surface area contributed by atoms with Gasteiger partial charge in [0.1, 0.15) is 0 Å². The second-order valence-electron chi connectivity index (χ2n) is 5.65. The molecular weight excluding hydrogens is 321 g/mol. The molecule has 0 unspecified atom stereocenters. The number of benzene rings is 1. The number of rotatable bonds is 4. The maximum atomic E-state index is 6.04. The number of aromatic nitrogens is 3. The van der Waals surface area contributed by atoms with E-state index in [0.29, 0.717) is 10.0 Å². The van der Waals surface area contributed by atoms with Gasteiger partial charge in [0, 0.05) is 39.1 Å². The molecule has 2 heterocycles. The highest BCUT2D eigenvalue weighted by Gasteiger charge is 2.14. The van der Waals surface area contributed by atoms with E-state index in [1.165, 1.54) is 0 Å². The van der Waals surface area contributed by atoms with E-state index < -0.39 is 0 Å². The quantitative estimate of drug-likeness (QED) is 0.856. The summed E-state index contributed by atoms with van der Waals surface area (Å²) in [5.41, 5.74) is 1.86. The van der Waals surface area contributed by atoms with Crippen LogP contribution in [0.4, 0.5) is 0 Å². The van der Waals surface area contributed by atoms with Crippen LogP contribution in [-0.2, 0) is 6.42 Å². The molecule has 3 rings (SSSR count). The van der Waals surface area contributed by atoms with Crippen molar-refractivity contribution in [3.63, 3.8) is 0 Å². The molecule has 0 amide bonds.